The fourth-order valence-electron chi connectivity index (χ4n) is 2.39. The van der Waals surface area contributed by atoms with Crippen molar-refractivity contribution in [1.82, 2.24) is 14.9 Å². The lowest BCUT2D eigenvalue weighted by molar-refractivity contribution is 0.326. The van der Waals surface area contributed by atoms with Crippen molar-refractivity contribution in [2.75, 3.05) is 23.8 Å². The van der Waals surface area contributed by atoms with Crippen molar-refractivity contribution in [3.8, 4) is 0 Å². The molecule has 0 aromatic carbocycles. The molecule has 1 atom stereocenters. The molecule has 1 unspecified atom stereocenters. The van der Waals surface area contributed by atoms with Crippen molar-refractivity contribution in [3.63, 3.8) is 0 Å². The van der Waals surface area contributed by atoms with Crippen LogP contribution in [0.3, 0.4) is 0 Å². The number of hydrogen-bond donors (Lipinski definition) is 3. The lowest BCUT2D eigenvalue weighted by Crippen LogP contribution is -2.28. The molecule has 6 nitrogen and oxygen atoms in total. The van der Waals surface area contributed by atoms with Crippen LogP contribution in [-0.4, -0.2) is 40.0 Å². The molecule has 17 heavy (non-hydrogen) atoms. The lowest BCUT2D eigenvalue weighted by Gasteiger charge is -2.16. The van der Waals surface area contributed by atoms with E-state index in [9.17, 15) is 0 Å². The minimum absolute atomic E-state index is 0.484. The summed E-state index contributed by atoms with van der Waals surface area (Å²) in [6.07, 6.45) is 7.27. The van der Waals surface area contributed by atoms with E-state index in [1.807, 2.05) is 0 Å². The van der Waals surface area contributed by atoms with E-state index in [4.69, 9.17) is 5.84 Å². The van der Waals surface area contributed by atoms with Crippen LogP contribution in [0.1, 0.15) is 19.3 Å². The van der Waals surface area contributed by atoms with E-state index in [0.717, 1.165) is 18.4 Å². The van der Waals surface area contributed by atoms with Gasteiger partial charge in [0.15, 0.2) is 5.82 Å². The van der Waals surface area contributed by atoms with Gasteiger partial charge in [0.25, 0.3) is 0 Å². The highest BCUT2D eigenvalue weighted by atomic mass is 15.3. The van der Waals surface area contributed by atoms with Gasteiger partial charge in [0.05, 0.1) is 12.4 Å². The van der Waals surface area contributed by atoms with Crippen LogP contribution in [-0.2, 0) is 0 Å². The van der Waals surface area contributed by atoms with E-state index in [1.165, 1.54) is 25.8 Å². The minimum Gasteiger partial charge on any atom is -0.365 e. The first-order valence-corrected chi connectivity index (χ1v) is 6.14. The summed E-state index contributed by atoms with van der Waals surface area (Å²) >= 11 is 0. The second-order valence-corrected chi connectivity index (χ2v) is 4.79. The van der Waals surface area contributed by atoms with Crippen LogP contribution in [0.15, 0.2) is 12.4 Å². The first kappa shape index (κ1) is 10.7. The largest absolute Gasteiger partial charge is 0.365 e. The molecule has 0 bridgehead atoms. The van der Waals surface area contributed by atoms with Crippen molar-refractivity contribution in [3.05, 3.63) is 12.4 Å². The Bertz CT molecular complexity index is 391. The van der Waals surface area contributed by atoms with Crippen LogP contribution in [0, 0.1) is 0 Å². The maximum atomic E-state index is 5.31. The van der Waals surface area contributed by atoms with Gasteiger partial charge in [0.2, 0.25) is 0 Å². The molecule has 1 aliphatic carbocycles. The fraction of sp³-hybridized carbons (Fsp3) is 0.636. The molecule has 0 amide bonds. The van der Waals surface area contributed by atoms with Crippen molar-refractivity contribution in [2.45, 2.75) is 31.3 Å². The molecule has 1 saturated carbocycles. The monoisotopic (exact) mass is 234 g/mol. The summed E-state index contributed by atoms with van der Waals surface area (Å²) in [5.41, 5.74) is 2.51. The number of nitrogens with zero attached hydrogens (tertiary/aromatic N) is 3. The molecule has 1 aromatic heterocycles. The number of likely N-dealkylation sites (tertiary alicyclic amines) is 1. The minimum atomic E-state index is 0.484. The number of rotatable bonds is 4. The lowest BCUT2D eigenvalue weighted by atomic mass is 10.2. The molecule has 4 N–H and O–H groups in total. The van der Waals surface area contributed by atoms with E-state index in [2.05, 4.69) is 25.6 Å². The van der Waals surface area contributed by atoms with Gasteiger partial charge >= 0.3 is 0 Å². The normalized spacial score (nSPS) is 24.9. The van der Waals surface area contributed by atoms with E-state index in [0.29, 0.717) is 11.9 Å². The Morgan fingerprint density at radius 2 is 2.06 bits per heavy atom. The molecule has 0 radical (unpaired) electrons. The topological polar surface area (TPSA) is 79.1 Å². The smallest absolute Gasteiger partial charge is 0.160 e. The molecule has 92 valence electrons. The highest BCUT2D eigenvalue weighted by molar-refractivity contribution is 5.41. The molecular weight excluding hydrogens is 216 g/mol. The predicted molar refractivity (Wildman–Crippen MR) is 66.5 cm³/mol. The summed E-state index contributed by atoms with van der Waals surface area (Å²) in [5, 5.41) is 3.42. The zero-order chi connectivity index (χ0) is 11.7. The Morgan fingerprint density at radius 1 is 1.24 bits per heavy atom. The van der Waals surface area contributed by atoms with E-state index < -0.39 is 0 Å². The third-order valence-corrected chi connectivity index (χ3v) is 3.42. The number of anilines is 2. The summed E-state index contributed by atoms with van der Waals surface area (Å²) < 4.78 is 0. The van der Waals surface area contributed by atoms with E-state index in [-0.39, 0.29) is 0 Å². The Morgan fingerprint density at radius 3 is 2.82 bits per heavy atom. The number of nitrogen functional groups attached to an aromatic ring is 1. The number of nitrogens with two attached hydrogens (primary N) is 1. The number of hydrogen-bond acceptors (Lipinski definition) is 6. The summed E-state index contributed by atoms with van der Waals surface area (Å²) in [6.45, 7) is 2.32. The van der Waals surface area contributed by atoms with Crippen LogP contribution in [0.4, 0.5) is 11.6 Å². The average molecular weight is 234 g/mol. The summed E-state index contributed by atoms with van der Waals surface area (Å²) in [5.74, 6) is 6.69. The van der Waals surface area contributed by atoms with Crippen molar-refractivity contribution in [2.24, 2.45) is 5.84 Å². The van der Waals surface area contributed by atoms with Crippen molar-refractivity contribution >= 4 is 11.6 Å². The third-order valence-electron chi connectivity index (χ3n) is 3.42. The highest BCUT2D eigenvalue weighted by Crippen LogP contribution is 2.30. The van der Waals surface area contributed by atoms with Crippen LogP contribution in [0.5, 0.6) is 0 Å². The number of aromatic nitrogens is 2. The van der Waals surface area contributed by atoms with Gasteiger partial charge in [-0.05, 0) is 19.3 Å². The van der Waals surface area contributed by atoms with E-state index >= 15 is 0 Å². The zero-order valence-corrected chi connectivity index (χ0v) is 9.76. The molecule has 3 rings (SSSR count). The van der Waals surface area contributed by atoms with Crippen LogP contribution in [0.25, 0.3) is 0 Å². The van der Waals surface area contributed by atoms with Gasteiger partial charge in [-0.2, -0.15) is 0 Å². The van der Waals surface area contributed by atoms with Gasteiger partial charge in [0.1, 0.15) is 5.82 Å². The summed E-state index contributed by atoms with van der Waals surface area (Å²) in [6, 6.07) is 1.34. The standard InChI is InChI=1S/C11H18N6/c12-16-11-6-13-5-10(15-11)14-8-3-4-17(7-8)9-1-2-9/h5-6,8-9H,1-4,7,12H2,(H2,14,15,16). The van der Waals surface area contributed by atoms with Crippen molar-refractivity contribution in [1.29, 1.82) is 0 Å². The van der Waals surface area contributed by atoms with E-state index in [1.54, 1.807) is 12.4 Å². The molecule has 6 heteroatoms. The fourth-order valence-corrected chi connectivity index (χ4v) is 2.39. The second-order valence-electron chi connectivity index (χ2n) is 4.79. The Hall–Kier alpha value is -1.40. The maximum absolute atomic E-state index is 5.31. The average Bonchev–Trinajstić information content (AvgIpc) is 3.11. The summed E-state index contributed by atoms with van der Waals surface area (Å²) in [4.78, 5) is 11.0. The molecule has 2 fully saturated rings. The first-order valence-electron chi connectivity index (χ1n) is 6.14. The molecular formula is C11H18N6. The first-order chi connectivity index (χ1) is 8.35. The third kappa shape index (κ3) is 2.48. The Labute approximate surface area is 101 Å². The Kier molecular flexibility index (Phi) is 2.82. The second kappa shape index (κ2) is 4.46. The predicted octanol–water partition coefficient (Wildman–Crippen LogP) is 0.411. The Balaban J connectivity index is 1.59. The molecule has 2 aliphatic rings. The van der Waals surface area contributed by atoms with Gasteiger partial charge in [-0.1, -0.05) is 0 Å². The molecule has 1 aromatic rings. The van der Waals surface area contributed by atoms with Crippen LogP contribution < -0.4 is 16.6 Å². The SMILES string of the molecule is NNc1cncc(NC2CCN(C3CC3)C2)n1. The highest BCUT2D eigenvalue weighted by Gasteiger charge is 2.34. The number of hydrazine groups is 1. The van der Waals surface area contributed by atoms with Crippen molar-refractivity contribution < 1.29 is 0 Å². The van der Waals surface area contributed by atoms with Crippen LogP contribution >= 0.6 is 0 Å². The molecule has 2 heterocycles. The van der Waals surface area contributed by atoms with Gasteiger partial charge in [-0.3, -0.25) is 9.88 Å². The van der Waals surface area contributed by atoms with Gasteiger partial charge in [-0.15, -0.1) is 0 Å². The van der Waals surface area contributed by atoms with Gasteiger partial charge < -0.3 is 10.7 Å². The van der Waals surface area contributed by atoms with Crippen LogP contribution in [0.2, 0.25) is 0 Å². The molecule has 0 spiro atoms. The van der Waals surface area contributed by atoms with Gasteiger partial charge in [0, 0.05) is 25.2 Å². The quantitative estimate of drug-likeness (QED) is 0.517. The summed E-state index contributed by atoms with van der Waals surface area (Å²) in [7, 11) is 0. The zero-order valence-electron chi connectivity index (χ0n) is 9.76. The number of nitrogens with one attached hydrogen (secondary N) is 2. The molecule has 1 saturated heterocycles. The molecule has 1 aliphatic heterocycles. The maximum Gasteiger partial charge on any atom is 0.160 e. The van der Waals surface area contributed by atoms with Gasteiger partial charge in [-0.25, -0.2) is 10.8 Å².